The third kappa shape index (κ3) is 10.7. The smallest absolute Gasteiger partial charge is 0.252 e. The van der Waals surface area contributed by atoms with Crippen LogP contribution in [0.25, 0.3) is 0 Å². The second kappa shape index (κ2) is 13.0. The minimum absolute atomic E-state index is 0.147. The minimum Gasteiger partial charge on any atom is -0.387 e. The molecular weight excluding hydrogens is 376 g/mol. The van der Waals surface area contributed by atoms with Gasteiger partial charge in [-0.25, -0.2) is 0 Å². The molecule has 0 saturated carbocycles. The molecule has 0 rings (SSSR count). The quantitative estimate of drug-likeness (QED) is 0.299. The van der Waals surface area contributed by atoms with Gasteiger partial charge in [0.1, 0.15) is 24.4 Å². The van der Waals surface area contributed by atoms with Crippen LogP contribution in [0, 0.1) is 11.3 Å². The molecule has 0 aromatic carbocycles. The molecule has 5 atom stereocenters. The lowest BCUT2D eigenvalue weighted by Crippen LogP contribution is -2.56. The molecule has 0 saturated heterocycles. The number of methoxy groups -OCH3 is 1. The number of rotatable bonds is 12. The normalized spacial score (nSPS) is 17.6. The molecule has 8 nitrogen and oxygen atoms in total. The molecule has 0 fully saturated rings. The Bertz CT molecular complexity index is 530. The van der Waals surface area contributed by atoms with Gasteiger partial charge in [0.2, 0.25) is 5.91 Å². The third-order valence-corrected chi connectivity index (χ3v) is 4.21. The summed E-state index contributed by atoms with van der Waals surface area (Å²) in [5, 5.41) is 36.1. The predicted molar refractivity (Wildman–Crippen MR) is 112 cm³/mol. The average molecular weight is 417 g/mol. The minimum atomic E-state index is -1.68. The van der Waals surface area contributed by atoms with Crippen LogP contribution in [0.5, 0.6) is 0 Å². The zero-order chi connectivity index (χ0) is 22.8. The molecule has 0 spiro atoms. The topological polar surface area (TPSA) is 128 Å². The van der Waals surface area contributed by atoms with Crippen LogP contribution in [0.15, 0.2) is 12.2 Å². The first-order valence-corrected chi connectivity index (χ1v) is 10.2. The molecule has 29 heavy (non-hydrogen) atoms. The van der Waals surface area contributed by atoms with E-state index in [0.29, 0.717) is 13.0 Å². The highest BCUT2D eigenvalue weighted by atomic mass is 16.5. The third-order valence-electron chi connectivity index (χ3n) is 4.21. The highest BCUT2D eigenvalue weighted by molar-refractivity contribution is 5.89. The fourth-order valence-corrected chi connectivity index (χ4v) is 2.61. The van der Waals surface area contributed by atoms with Crippen molar-refractivity contribution in [3.63, 3.8) is 0 Å². The van der Waals surface area contributed by atoms with Crippen LogP contribution >= 0.6 is 0 Å². The number of hydrogen-bond donors (Lipinski definition) is 5. The molecular formula is C21H40N2O6. The van der Waals surface area contributed by atoms with Gasteiger partial charge in [0.05, 0.1) is 0 Å². The van der Waals surface area contributed by atoms with Gasteiger partial charge in [-0.2, -0.15) is 0 Å². The lowest BCUT2D eigenvalue weighted by molar-refractivity contribution is -0.151. The second-order valence-electron chi connectivity index (χ2n) is 8.83. The predicted octanol–water partition coefficient (Wildman–Crippen LogP) is 0.744. The number of carbonyl (C=O) groups excluding carboxylic acids is 2. The van der Waals surface area contributed by atoms with E-state index >= 15 is 0 Å². The lowest BCUT2D eigenvalue weighted by Gasteiger charge is -2.29. The maximum absolute atomic E-state index is 12.6. The molecule has 0 heterocycles. The van der Waals surface area contributed by atoms with E-state index in [1.54, 1.807) is 6.08 Å². The number of nitrogens with one attached hydrogen (secondary N) is 2. The van der Waals surface area contributed by atoms with Gasteiger partial charge in [0.15, 0.2) is 6.10 Å². The van der Waals surface area contributed by atoms with Crippen molar-refractivity contribution in [2.24, 2.45) is 11.3 Å². The molecule has 0 radical (unpaired) electrons. The summed E-state index contributed by atoms with van der Waals surface area (Å²) >= 11 is 0. The number of carbonyl (C=O) groups is 2. The largest absolute Gasteiger partial charge is 0.387 e. The molecule has 0 aliphatic heterocycles. The standard InChI is InChI=1S/C21H40N2O6/c1-8-11-22-19(27)14(12-13(2)3)23-20(28)18(29-7)17(26)16(25)15(24)9-10-21(4,5)6/h9-10,13-18,24-26H,8,11-12H2,1-7H3,(H,22,27)(H,23,28)/b10-9+/t14-,15+,16-,17+,18+/m0/s1. The molecule has 0 aliphatic carbocycles. The van der Waals surface area contributed by atoms with Crippen LogP contribution in [0.3, 0.4) is 0 Å². The first-order valence-electron chi connectivity index (χ1n) is 10.2. The Hall–Kier alpha value is -1.48. The van der Waals surface area contributed by atoms with Gasteiger partial charge < -0.3 is 30.7 Å². The summed E-state index contributed by atoms with van der Waals surface area (Å²) in [6.45, 7) is 12.0. The Labute approximate surface area is 174 Å². The van der Waals surface area contributed by atoms with E-state index in [0.717, 1.165) is 6.42 Å². The van der Waals surface area contributed by atoms with Crippen LogP contribution in [-0.4, -0.2) is 71.2 Å². The second-order valence-corrected chi connectivity index (χ2v) is 8.83. The first kappa shape index (κ1) is 27.5. The van der Waals surface area contributed by atoms with Crippen LogP contribution in [-0.2, 0) is 14.3 Å². The molecule has 5 N–H and O–H groups in total. The Balaban J connectivity index is 5.21. The molecule has 170 valence electrons. The van der Waals surface area contributed by atoms with E-state index in [4.69, 9.17) is 4.74 Å². The van der Waals surface area contributed by atoms with E-state index in [1.807, 2.05) is 41.5 Å². The van der Waals surface area contributed by atoms with Crippen LogP contribution < -0.4 is 10.6 Å². The van der Waals surface area contributed by atoms with Crippen molar-refractivity contribution in [3.8, 4) is 0 Å². The van der Waals surface area contributed by atoms with E-state index < -0.39 is 36.4 Å². The number of hydrogen-bond acceptors (Lipinski definition) is 6. The summed E-state index contributed by atoms with van der Waals surface area (Å²) in [7, 11) is 1.21. The fourth-order valence-electron chi connectivity index (χ4n) is 2.61. The molecule has 0 aromatic rings. The van der Waals surface area contributed by atoms with E-state index in [1.165, 1.54) is 13.2 Å². The zero-order valence-electron chi connectivity index (χ0n) is 18.8. The number of aliphatic hydroxyl groups excluding tert-OH is 3. The number of amides is 2. The number of allylic oxidation sites excluding steroid dienone is 1. The number of ether oxygens (including phenoxy) is 1. The zero-order valence-corrected chi connectivity index (χ0v) is 18.8. The van der Waals surface area contributed by atoms with Crippen molar-refractivity contribution in [2.45, 2.75) is 84.8 Å². The summed E-state index contributed by atoms with van der Waals surface area (Å²) in [5.74, 6) is -0.899. The molecule has 0 bridgehead atoms. The van der Waals surface area contributed by atoms with E-state index in [2.05, 4.69) is 10.6 Å². The SMILES string of the molecule is CCCNC(=O)[C@H](CC(C)C)NC(=O)[C@H](OC)[C@H](O)[C@@H](O)[C@H](O)/C=C/C(C)(C)C. The summed E-state index contributed by atoms with van der Waals surface area (Å²) in [5.41, 5.74) is -0.223. The average Bonchev–Trinajstić information content (AvgIpc) is 2.62. The summed E-state index contributed by atoms with van der Waals surface area (Å²) in [6.07, 6.45) is -1.90. The molecule has 0 aliphatic rings. The van der Waals surface area contributed by atoms with Gasteiger partial charge in [-0.15, -0.1) is 0 Å². The van der Waals surface area contributed by atoms with Gasteiger partial charge >= 0.3 is 0 Å². The van der Waals surface area contributed by atoms with Crippen LogP contribution in [0.1, 0.15) is 54.4 Å². The number of aliphatic hydroxyl groups is 3. The van der Waals surface area contributed by atoms with Gasteiger partial charge in [0, 0.05) is 13.7 Å². The van der Waals surface area contributed by atoms with Gasteiger partial charge in [-0.05, 0) is 24.2 Å². The fraction of sp³-hybridized carbons (Fsp3) is 0.810. The van der Waals surface area contributed by atoms with E-state index in [9.17, 15) is 24.9 Å². The monoisotopic (exact) mass is 416 g/mol. The van der Waals surface area contributed by atoms with Gasteiger partial charge in [0.25, 0.3) is 5.91 Å². The lowest BCUT2D eigenvalue weighted by atomic mass is 9.94. The molecule has 8 heteroatoms. The van der Waals surface area contributed by atoms with Crippen molar-refractivity contribution in [2.75, 3.05) is 13.7 Å². The van der Waals surface area contributed by atoms with Crippen molar-refractivity contribution < 1.29 is 29.6 Å². The maximum atomic E-state index is 12.6. The molecule has 2 amide bonds. The van der Waals surface area contributed by atoms with Crippen molar-refractivity contribution in [3.05, 3.63) is 12.2 Å². The summed E-state index contributed by atoms with van der Waals surface area (Å²) in [6, 6.07) is -0.790. The highest BCUT2D eigenvalue weighted by Gasteiger charge is 2.36. The van der Waals surface area contributed by atoms with Crippen LogP contribution in [0.2, 0.25) is 0 Å². The Morgan fingerprint density at radius 3 is 2.10 bits per heavy atom. The van der Waals surface area contributed by atoms with Gasteiger partial charge in [-0.3, -0.25) is 9.59 Å². The van der Waals surface area contributed by atoms with E-state index in [-0.39, 0.29) is 17.2 Å². The van der Waals surface area contributed by atoms with Crippen molar-refractivity contribution in [1.29, 1.82) is 0 Å². The van der Waals surface area contributed by atoms with Crippen molar-refractivity contribution >= 4 is 11.8 Å². The molecule has 0 aromatic heterocycles. The first-order chi connectivity index (χ1) is 13.3. The highest BCUT2D eigenvalue weighted by Crippen LogP contribution is 2.17. The van der Waals surface area contributed by atoms with Crippen molar-refractivity contribution in [1.82, 2.24) is 10.6 Å². The molecule has 0 unspecified atom stereocenters. The Morgan fingerprint density at radius 1 is 1.07 bits per heavy atom. The van der Waals surface area contributed by atoms with Crippen LogP contribution in [0.4, 0.5) is 0 Å². The Kier molecular flexibility index (Phi) is 12.3. The summed E-state index contributed by atoms with van der Waals surface area (Å²) in [4.78, 5) is 25.0. The summed E-state index contributed by atoms with van der Waals surface area (Å²) < 4.78 is 5.07. The van der Waals surface area contributed by atoms with Gasteiger partial charge in [-0.1, -0.05) is 53.7 Å². The Morgan fingerprint density at radius 2 is 1.66 bits per heavy atom. The maximum Gasteiger partial charge on any atom is 0.252 e.